The van der Waals surface area contributed by atoms with Gasteiger partial charge in [-0.2, -0.15) is 0 Å². The van der Waals surface area contributed by atoms with Gasteiger partial charge in [-0.1, -0.05) is 26.0 Å². The minimum atomic E-state index is 0.106. The summed E-state index contributed by atoms with van der Waals surface area (Å²) in [6.07, 6.45) is 2.45. The van der Waals surface area contributed by atoms with E-state index in [-0.39, 0.29) is 5.91 Å². The Kier molecular flexibility index (Phi) is 6.25. The second-order valence-electron chi connectivity index (χ2n) is 6.67. The Morgan fingerprint density at radius 1 is 1.36 bits per heavy atom. The average Bonchev–Trinajstić information content (AvgIpc) is 2.46. The molecule has 1 saturated heterocycles. The molecule has 1 aliphatic heterocycles. The topological polar surface area (TPSA) is 50.4 Å². The van der Waals surface area contributed by atoms with E-state index in [9.17, 15) is 4.79 Å². The van der Waals surface area contributed by atoms with Gasteiger partial charge in [0.15, 0.2) is 0 Å². The summed E-state index contributed by atoms with van der Waals surface area (Å²) in [7, 11) is 0. The summed E-state index contributed by atoms with van der Waals surface area (Å²) in [4.78, 5) is 12.1. The molecule has 1 fully saturated rings. The summed E-state index contributed by atoms with van der Waals surface area (Å²) < 4.78 is 5.65. The first-order valence-electron chi connectivity index (χ1n) is 8.27. The van der Waals surface area contributed by atoms with E-state index in [4.69, 9.17) is 4.74 Å². The van der Waals surface area contributed by atoms with Crippen LogP contribution in [0.4, 0.5) is 0 Å². The van der Waals surface area contributed by atoms with E-state index < -0.39 is 0 Å². The number of carbonyl (C=O) groups excluding carboxylic acids is 1. The van der Waals surface area contributed by atoms with Crippen molar-refractivity contribution >= 4 is 5.91 Å². The van der Waals surface area contributed by atoms with Gasteiger partial charge in [0, 0.05) is 12.1 Å². The monoisotopic (exact) mass is 304 g/mol. The second kappa shape index (κ2) is 8.18. The first kappa shape index (κ1) is 16.8. The Hall–Kier alpha value is -1.55. The van der Waals surface area contributed by atoms with E-state index in [1.807, 2.05) is 24.3 Å². The molecule has 4 heteroatoms. The van der Waals surface area contributed by atoms with E-state index in [0.29, 0.717) is 31.0 Å². The van der Waals surface area contributed by atoms with Crippen LogP contribution < -0.4 is 15.4 Å². The number of ether oxygens (including phenoxy) is 1. The molecular weight excluding hydrogens is 276 g/mol. The molecule has 1 amide bonds. The van der Waals surface area contributed by atoms with E-state index >= 15 is 0 Å². The van der Waals surface area contributed by atoms with Crippen molar-refractivity contribution in [2.45, 2.75) is 52.1 Å². The number of amides is 1. The van der Waals surface area contributed by atoms with Crippen LogP contribution in [0.2, 0.25) is 0 Å². The van der Waals surface area contributed by atoms with Gasteiger partial charge in [0.25, 0.3) is 0 Å². The van der Waals surface area contributed by atoms with Gasteiger partial charge in [0.05, 0.1) is 13.0 Å². The summed E-state index contributed by atoms with van der Waals surface area (Å²) in [5, 5.41) is 6.54. The molecule has 1 aromatic rings. The largest absolute Gasteiger partial charge is 0.493 e. The SMILES string of the molecule is CC(C)COc1ccc(CC(=O)NC2CCNC(C)C2)cc1. The van der Waals surface area contributed by atoms with Crippen molar-refractivity contribution in [2.75, 3.05) is 13.2 Å². The zero-order chi connectivity index (χ0) is 15.9. The van der Waals surface area contributed by atoms with Crippen LogP contribution in [0.3, 0.4) is 0 Å². The minimum absolute atomic E-state index is 0.106. The Bertz CT molecular complexity index is 470. The standard InChI is InChI=1S/C18H28N2O2/c1-13(2)12-22-17-6-4-15(5-7-17)11-18(21)20-16-8-9-19-14(3)10-16/h4-7,13-14,16,19H,8-12H2,1-3H3,(H,20,21). The van der Waals surface area contributed by atoms with E-state index in [1.54, 1.807) is 0 Å². The summed E-state index contributed by atoms with van der Waals surface area (Å²) in [6.45, 7) is 8.11. The van der Waals surface area contributed by atoms with Crippen LogP contribution in [0.15, 0.2) is 24.3 Å². The summed E-state index contributed by atoms with van der Waals surface area (Å²) >= 11 is 0. The van der Waals surface area contributed by atoms with Crippen LogP contribution >= 0.6 is 0 Å². The van der Waals surface area contributed by atoms with E-state index in [1.165, 1.54) is 0 Å². The molecule has 0 aromatic heterocycles. The highest BCUT2D eigenvalue weighted by atomic mass is 16.5. The fourth-order valence-electron chi connectivity index (χ4n) is 2.69. The zero-order valence-electron chi connectivity index (χ0n) is 13.9. The van der Waals surface area contributed by atoms with Crippen LogP contribution in [-0.2, 0) is 11.2 Å². The zero-order valence-corrected chi connectivity index (χ0v) is 13.9. The molecule has 2 rings (SSSR count). The van der Waals surface area contributed by atoms with Crippen LogP contribution in [0.25, 0.3) is 0 Å². The molecule has 0 spiro atoms. The Morgan fingerprint density at radius 3 is 2.73 bits per heavy atom. The number of nitrogens with one attached hydrogen (secondary N) is 2. The molecule has 1 heterocycles. The highest BCUT2D eigenvalue weighted by Gasteiger charge is 2.19. The molecule has 0 saturated carbocycles. The summed E-state index contributed by atoms with van der Waals surface area (Å²) in [5.41, 5.74) is 1.02. The lowest BCUT2D eigenvalue weighted by Gasteiger charge is -2.28. The second-order valence-corrected chi connectivity index (χ2v) is 6.67. The molecule has 2 atom stereocenters. The molecule has 1 aliphatic rings. The number of benzene rings is 1. The maximum Gasteiger partial charge on any atom is 0.224 e. The van der Waals surface area contributed by atoms with Gasteiger partial charge in [-0.3, -0.25) is 4.79 Å². The van der Waals surface area contributed by atoms with Crippen molar-refractivity contribution in [3.8, 4) is 5.75 Å². The van der Waals surface area contributed by atoms with Crippen molar-refractivity contribution in [1.82, 2.24) is 10.6 Å². The fraction of sp³-hybridized carbons (Fsp3) is 0.611. The van der Waals surface area contributed by atoms with Gasteiger partial charge < -0.3 is 15.4 Å². The summed E-state index contributed by atoms with van der Waals surface area (Å²) in [5.74, 6) is 1.48. The van der Waals surface area contributed by atoms with Crippen LogP contribution in [-0.4, -0.2) is 31.1 Å². The van der Waals surface area contributed by atoms with Gasteiger partial charge >= 0.3 is 0 Å². The molecule has 1 aromatic carbocycles. The van der Waals surface area contributed by atoms with Crippen molar-refractivity contribution in [3.63, 3.8) is 0 Å². The quantitative estimate of drug-likeness (QED) is 0.849. The third-order valence-electron chi connectivity index (χ3n) is 3.86. The van der Waals surface area contributed by atoms with E-state index in [0.717, 1.165) is 30.7 Å². The smallest absolute Gasteiger partial charge is 0.224 e. The highest BCUT2D eigenvalue weighted by Crippen LogP contribution is 2.14. The van der Waals surface area contributed by atoms with Gasteiger partial charge in [0.2, 0.25) is 5.91 Å². The van der Waals surface area contributed by atoms with Crippen molar-refractivity contribution in [2.24, 2.45) is 5.92 Å². The number of piperidine rings is 1. The highest BCUT2D eigenvalue weighted by molar-refractivity contribution is 5.78. The van der Waals surface area contributed by atoms with Crippen LogP contribution in [0, 0.1) is 5.92 Å². The normalized spacial score (nSPS) is 21.6. The third kappa shape index (κ3) is 5.68. The van der Waals surface area contributed by atoms with Gasteiger partial charge in [0.1, 0.15) is 5.75 Å². The van der Waals surface area contributed by atoms with Crippen molar-refractivity contribution in [1.29, 1.82) is 0 Å². The van der Waals surface area contributed by atoms with Crippen molar-refractivity contribution < 1.29 is 9.53 Å². The lowest BCUT2D eigenvalue weighted by atomic mass is 10.0. The number of rotatable bonds is 6. The lowest BCUT2D eigenvalue weighted by molar-refractivity contribution is -0.121. The van der Waals surface area contributed by atoms with Crippen LogP contribution in [0.1, 0.15) is 39.2 Å². The molecule has 122 valence electrons. The minimum Gasteiger partial charge on any atom is -0.493 e. The third-order valence-corrected chi connectivity index (χ3v) is 3.86. The fourth-order valence-corrected chi connectivity index (χ4v) is 2.69. The van der Waals surface area contributed by atoms with Crippen molar-refractivity contribution in [3.05, 3.63) is 29.8 Å². The molecule has 4 nitrogen and oxygen atoms in total. The molecule has 0 aliphatic carbocycles. The Balaban J connectivity index is 1.78. The average molecular weight is 304 g/mol. The maximum absolute atomic E-state index is 12.1. The molecule has 2 N–H and O–H groups in total. The first-order valence-corrected chi connectivity index (χ1v) is 8.27. The van der Waals surface area contributed by atoms with Gasteiger partial charge in [-0.15, -0.1) is 0 Å². The lowest BCUT2D eigenvalue weighted by Crippen LogP contribution is -2.46. The first-order chi connectivity index (χ1) is 10.5. The Labute approximate surface area is 133 Å². The number of carbonyl (C=O) groups is 1. The predicted octanol–water partition coefficient (Wildman–Crippen LogP) is 2.52. The molecule has 22 heavy (non-hydrogen) atoms. The Morgan fingerprint density at radius 2 is 2.09 bits per heavy atom. The van der Waals surface area contributed by atoms with Crippen LogP contribution in [0.5, 0.6) is 5.75 Å². The predicted molar refractivity (Wildman–Crippen MR) is 89.1 cm³/mol. The number of hydrogen-bond donors (Lipinski definition) is 2. The van der Waals surface area contributed by atoms with E-state index in [2.05, 4.69) is 31.4 Å². The molecule has 2 unspecified atom stereocenters. The maximum atomic E-state index is 12.1. The molecular formula is C18H28N2O2. The number of hydrogen-bond acceptors (Lipinski definition) is 3. The molecule has 0 bridgehead atoms. The summed E-state index contributed by atoms with van der Waals surface area (Å²) in [6, 6.07) is 8.62. The van der Waals surface area contributed by atoms with Gasteiger partial charge in [-0.05, 0) is 49.9 Å². The molecule has 0 radical (unpaired) electrons. The van der Waals surface area contributed by atoms with Gasteiger partial charge in [-0.25, -0.2) is 0 Å².